The highest BCUT2D eigenvalue weighted by molar-refractivity contribution is 8.04. The molecule has 196 valence electrons. The molecule has 17 heteroatoms. The topological polar surface area (TPSA) is 177 Å². The Labute approximate surface area is 222 Å². The third-order valence-corrected chi connectivity index (χ3v) is 9.13. The van der Waals surface area contributed by atoms with E-state index in [1.54, 1.807) is 11.6 Å². The number of thioether (sulfide) groups is 2. The lowest BCUT2D eigenvalue weighted by atomic mass is 9.93. The number of β-lactam (4-membered cyclic amide) rings is 1. The van der Waals surface area contributed by atoms with Gasteiger partial charge in [-0.3, -0.25) is 19.2 Å². The maximum absolute atomic E-state index is 12.9. The molecule has 3 heterocycles. The van der Waals surface area contributed by atoms with Gasteiger partial charge in [0.05, 0.1) is 10.3 Å². The number of amides is 3. The summed E-state index contributed by atoms with van der Waals surface area (Å²) in [5.41, 5.74) is 1.87. The number of hydrogen-bond donors (Lipinski definition) is 3. The van der Waals surface area contributed by atoms with Crippen LogP contribution in [0.25, 0.3) is 0 Å². The number of nitrogens with zero attached hydrogens (tertiary/aromatic N) is 3. The van der Waals surface area contributed by atoms with Crippen LogP contribution in [0.3, 0.4) is 0 Å². The van der Waals surface area contributed by atoms with E-state index in [0.717, 1.165) is 6.21 Å². The third-order valence-electron chi connectivity index (χ3n) is 5.28. The van der Waals surface area contributed by atoms with Gasteiger partial charge in [0.15, 0.2) is 0 Å². The van der Waals surface area contributed by atoms with Crippen LogP contribution in [0.1, 0.15) is 18.8 Å². The van der Waals surface area contributed by atoms with Crippen LogP contribution < -0.4 is 10.6 Å². The highest BCUT2D eigenvalue weighted by atomic mass is 35.5. The number of nitrogens with one attached hydrogen (secondary N) is 2. The van der Waals surface area contributed by atoms with Gasteiger partial charge < -0.3 is 30.2 Å². The Bertz CT molecular complexity index is 1040. The van der Waals surface area contributed by atoms with E-state index < -0.39 is 58.1 Å². The zero-order chi connectivity index (χ0) is 26.5. The van der Waals surface area contributed by atoms with Crippen molar-refractivity contribution in [3.63, 3.8) is 0 Å². The van der Waals surface area contributed by atoms with Crippen LogP contribution in [0.15, 0.2) is 16.0 Å². The summed E-state index contributed by atoms with van der Waals surface area (Å²) in [5.74, 6) is -3.72. The third kappa shape index (κ3) is 6.04. The maximum Gasteiger partial charge on any atom is 0.328 e. The predicted octanol–water partition coefficient (Wildman–Crippen LogP) is 0.0171. The minimum absolute atomic E-state index is 0.175. The number of oxime groups is 1. The van der Waals surface area contributed by atoms with Gasteiger partial charge in [-0.25, -0.2) is 9.78 Å². The van der Waals surface area contributed by atoms with Crippen molar-refractivity contribution < 1.29 is 38.7 Å². The zero-order valence-corrected chi connectivity index (χ0v) is 22.1. The molecule has 1 aromatic heterocycles. The second kappa shape index (κ2) is 12.1. The molecule has 0 spiro atoms. The monoisotopic (exact) mass is 579 g/mol. The zero-order valence-electron chi connectivity index (χ0n) is 18.9. The van der Waals surface area contributed by atoms with Crippen LogP contribution in [0.2, 0.25) is 0 Å². The number of hydrogen-bond acceptors (Lipinski definition) is 12. The lowest BCUT2D eigenvalue weighted by molar-refractivity contribution is -0.165. The molecule has 5 atom stereocenters. The summed E-state index contributed by atoms with van der Waals surface area (Å²) >= 11 is 9.24. The van der Waals surface area contributed by atoms with Crippen LogP contribution in [0, 0.1) is 0 Å². The van der Waals surface area contributed by atoms with Crippen molar-refractivity contribution in [2.45, 2.75) is 35.4 Å². The lowest BCUT2D eigenvalue weighted by Crippen LogP contribution is -2.79. The molecule has 3 rings (SSSR count). The Morgan fingerprint density at radius 3 is 2.81 bits per heavy atom. The van der Waals surface area contributed by atoms with Gasteiger partial charge >= 0.3 is 11.9 Å². The minimum Gasteiger partial charge on any atom is -0.480 e. The fourth-order valence-corrected chi connectivity index (χ4v) is 6.96. The number of carboxylic acid groups (broad SMARTS) is 1. The number of rotatable bonds is 11. The molecule has 13 nitrogen and oxygen atoms in total. The smallest absolute Gasteiger partial charge is 0.328 e. The molecule has 3 N–H and O–H groups in total. The summed E-state index contributed by atoms with van der Waals surface area (Å²) in [6.45, 7) is 1.05. The molecule has 0 aliphatic carbocycles. The maximum atomic E-state index is 12.9. The first-order valence-electron chi connectivity index (χ1n) is 10.2. The fourth-order valence-electron chi connectivity index (χ4n) is 3.57. The van der Waals surface area contributed by atoms with Gasteiger partial charge in [0.1, 0.15) is 41.9 Å². The SMILES string of the molecule is CSC1(COC(C)=O)CS[C@H]2C(NC(=O)C=NOC(NC(=O)CCl)c3cscn3)C(=O)N2C1C(=O)O. The van der Waals surface area contributed by atoms with E-state index in [0.29, 0.717) is 5.69 Å². The van der Waals surface area contributed by atoms with E-state index in [4.69, 9.17) is 21.2 Å². The van der Waals surface area contributed by atoms with Gasteiger partial charge in [0, 0.05) is 18.1 Å². The standard InChI is InChI=1S/C19H22ClN5O8S3/c1-9(26)32-6-19(34-2)7-36-17-13(16(29)25(17)14(19)18(30)31)23-12(28)4-22-33-15(24-11(27)3-20)10-5-35-8-21-10/h4-5,8,13-15,17H,3,6-7H2,1-2H3,(H,23,28)(H,24,27)(H,30,31)/t13?,14?,15?,17-,19?/m0/s1. The Morgan fingerprint density at radius 2 is 2.22 bits per heavy atom. The first-order chi connectivity index (χ1) is 17.1. The Hall–Kier alpha value is -2.56. The van der Waals surface area contributed by atoms with Crippen LogP contribution in [-0.4, -0.2) is 97.6 Å². The average molecular weight is 580 g/mol. The number of fused-ring (bicyclic) bond motifs is 1. The summed E-state index contributed by atoms with van der Waals surface area (Å²) in [6, 6.07) is -2.23. The molecule has 2 saturated heterocycles. The normalized spacial score (nSPS) is 25.9. The van der Waals surface area contributed by atoms with Gasteiger partial charge in [0.25, 0.3) is 5.91 Å². The summed E-state index contributed by atoms with van der Waals surface area (Å²) in [6.07, 6.45) is 1.40. The average Bonchev–Trinajstić information content (AvgIpc) is 3.39. The van der Waals surface area contributed by atoms with Gasteiger partial charge in [0.2, 0.25) is 18.0 Å². The Balaban J connectivity index is 1.63. The van der Waals surface area contributed by atoms with Crippen molar-refractivity contribution in [2.24, 2.45) is 5.16 Å². The van der Waals surface area contributed by atoms with E-state index >= 15 is 0 Å². The van der Waals surface area contributed by atoms with E-state index in [2.05, 4.69) is 20.8 Å². The number of aromatic nitrogens is 1. The van der Waals surface area contributed by atoms with Crippen molar-refractivity contribution in [3.05, 3.63) is 16.6 Å². The van der Waals surface area contributed by atoms with Crippen molar-refractivity contribution in [1.29, 1.82) is 0 Å². The predicted molar refractivity (Wildman–Crippen MR) is 133 cm³/mol. The van der Waals surface area contributed by atoms with Crippen LogP contribution in [0.4, 0.5) is 0 Å². The molecule has 2 aliphatic heterocycles. The highest BCUT2D eigenvalue weighted by Gasteiger charge is 2.63. The van der Waals surface area contributed by atoms with Gasteiger partial charge in [-0.1, -0.05) is 5.16 Å². The lowest BCUT2D eigenvalue weighted by Gasteiger charge is -2.57. The molecule has 1 aromatic rings. The molecule has 36 heavy (non-hydrogen) atoms. The number of alkyl halides is 1. The van der Waals surface area contributed by atoms with E-state index in [1.807, 2.05) is 0 Å². The molecule has 3 amide bonds. The Morgan fingerprint density at radius 1 is 1.47 bits per heavy atom. The molecule has 2 fully saturated rings. The summed E-state index contributed by atoms with van der Waals surface area (Å²) < 4.78 is 4.05. The second-order valence-electron chi connectivity index (χ2n) is 7.56. The fraction of sp³-hybridized carbons (Fsp3) is 0.526. The van der Waals surface area contributed by atoms with Crippen molar-refractivity contribution in [3.8, 4) is 0 Å². The number of carboxylic acids is 1. The molecule has 4 unspecified atom stereocenters. The van der Waals surface area contributed by atoms with E-state index in [9.17, 15) is 29.1 Å². The summed E-state index contributed by atoms with van der Waals surface area (Å²) in [4.78, 5) is 70.6. The number of carbonyl (C=O) groups is 5. The first-order valence-corrected chi connectivity index (χ1v) is 14.0. The number of ether oxygens (including phenoxy) is 1. The van der Waals surface area contributed by atoms with Crippen molar-refractivity contribution in [1.82, 2.24) is 20.5 Å². The van der Waals surface area contributed by atoms with E-state index in [1.165, 1.54) is 52.2 Å². The quantitative estimate of drug-likeness (QED) is 0.0804. The summed E-state index contributed by atoms with van der Waals surface area (Å²) in [5, 5.41) is 19.4. The van der Waals surface area contributed by atoms with Crippen LogP contribution >= 0.6 is 46.5 Å². The largest absolute Gasteiger partial charge is 0.480 e. The molecule has 0 aromatic carbocycles. The van der Waals surface area contributed by atoms with Crippen LogP contribution in [0.5, 0.6) is 0 Å². The number of carbonyl (C=O) groups excluding carboxylic acids is 4. The molecule has 0 saturated carbocycles. The van der Waals surface area contributed by atoms with Crippen molar-refractivity contribution in [2.75, 3.05) is 24.5 Å². The van der Waals surface area contributed by atoms with Crippen molar-refractivity contribution >= 4 is 82.3 Å². The molecule has 0 radical (unpaired) electrons. The minimum atomic E-state index is -1.25. The number of thiazole rings is 1. The first kappa shape index (κ1) is 28.0. The molecular weight excluding hydrogens is 558 g/mol. The second-order valence-corrected chi connectivity index (χ2v) is 10.9. The Kier molecular flexibility index (Phi) is 9.43. The number of halogens is 1. The summed E-state index contributed by atoms with van der Waals surface area (Å²) in [7, 11) is 0. The van der Waals surface area contributed by atoms with Gasteiger partial charge in [-0.05, 0) is 6.26 Å². The van der Waals surface area contributed by atoms with Gasteiger partial charge in [-0.15, -0.1) is 34.7 Å². The highest BCUT2D eigenvalue weighted by Crippen LogP contribution is 2.47. The van der Waals surface area contributed by atoms with Gasteiger partial charge in [-0.2, -0.15) is 11.8 Å². The molecule has 2 aliphatic rings. The number of esters is 1. The number of aliphatic carboxylic acids is 1. The van der Waals surface area contributed by atoms with Crippen LogP contribution in [-0.2, 0) is 33.5 Å². The van der Waals surface area contributed by atoms with E-state index in [-0.39, 0.29) is 18.2 Å². The molecular formula is C19H22ClN5O8S3. The molecule has 0 bridgehead atoms.